The highest BCUT2D eigenvalue weighted by Gasteiger charge is 2.21. The van der Waals surface area contributed by atoms with Crippen LogP contribution in [-0.4, -0.2) is 24.9 Å². The number of benzene rings is 1. The molecule has 1 aliphatic heterocycles. The van der Waals surface area contributed by atoms with Crippen LogP contribution < -0.4 is 10.2 Å². The number of hydrogen-bond acceptors (Lipinski definition) is 2. The summed E-state index contributed by atoms with van der Waals surface area (Å²) in [5.41, 5.74) is 1.88. The van der Waals surface area contributed by atoms with Gasteiger partial charge < -0.3 is 10.2 Å². The number of nitrogens with one attached hydrogen (secondary N) is 1. The molecule has 1 heterocycles. The first-order valence-electron chi connectivity index (χ1n) is 7.07. The van der Waals surface area contributed by atoms with Gasteiger partial charge >= 0.3 is 0 Å². The molecule has 1 aromatic carbocycles. The van der Waals surface area contributed by atoms with Gasteiger partial charge in [-0.15, -0.1) is 0 Å². The second-order valence-electron chi connectivity index (χ2n) is 4.86. The van der Waals surface area contributed by atoms with E-state index in [0.29, 0.717) is 13.0 Å². The van der Waals surface area contributed by atoms with Crippen molar-refractivity contribution >= 4 is 23.6 Å². The molecule has 1 aromatic rings. The monoisotopic (exact) mass is 272 g/mol. The fourth-order valence-electron chi connectivity index (χ4n) is 2.17. The predicted octanol–water partition coefficient (Wildman–Crippen LogP) is 2.35. The van der Waals surface area contributed by atoms with E-state index in [1.54, 1.807) is 11.0 Å². The third-order valence-electron chi connectivity index (χ3n) is 3.25. The maximum absolute atomic E-state index is 11.6. The lowest BCUT2D eigenvalue weighted by atomic mass is 10.2. The Hall–Kier alpha value is -2.10. The fourth-order valence-corrected chi connectivity index (χ4v) is 2.17. The van der Waals surface area contributed by atoms with Crippen molar-refractivity contribution in [1.29, 1.82) is 0 Å². The molecule has 1 N–H and O–H groups in total. The molecule has 0 unspecified atom stereocenters. The summed E-state index contributed by atoms with van der Waals surface area (Å²) in [7, 11) is 0. The van der Waals surface area contributed by atoms with Gasteiger partial charge in [0.05, 0.1) is 0 Å². The molecule has 4 nitrogen and oxygen atoms in total. The highest BCUT2D eigenvalue weighted by Crippen LogP contribution is 2.21. The predicted molar refractivity (Wildman–Crippen MR) is 80.4 cm³/mol. The van der Waals surface area contributed by atoms with Gasteiger partial charge in [0.2, 0.25) is 11.8 Å². The first-order chi connectivity index (χ1) is 9.70. The standard InChI is InChI=1S/C16H20N2O2/c1-2-11-17-15(19)10-7-13-5-8-14(9-6-13)18-12-3-4-16(18)20/h5-10H,2-4,11-12H2,1H3,(H,17,19)/b10-7+. The van der Waals surface area contributed by atoms with Gasteiger partial charge in [-0.25, -0.2) is 0 Å². The van der Waals surface area contributed by atoms with Crippen LogP contribution in [0.3, 0.4) is 0 Å². The molecule has 0 bridgehead atoms. The fraction of sp³-hybridized carbons (Fsp3) is 0.375. The molecular formula is C16H20N2O2. The molecule has 1 aliphatic rings. The summed E-state index contributed by atoms with van der Waals surface area (Å²) in [4.78, 5) is 24.9. The van der Waals surface area contributed by atoms with Crippen molar-refractivity contribution in [2.45, 2.75) is 26.2 Å². The lowest BCUT2D eigenvalue weighted by molar-refractivity contribution is -0.117. The molecular weight excluding hydrogens is 252 g/mol. The van der Waals surface area contributed by atoms with E-state index in [-0.39, 0.29) is 11.8 Å². The normalized spacial score (nSPS) is 15.1. The van der Waals surface area contributed by atoms with Gasteiger partial charge in [-0.1, -0.05) is 19.1 Å². The number of amides is 2. The SMILES string of the molecule is CCCNC(=O)/C=C/c1ccc(N2CCCC2=O)cc1. The summed E-state index contributed by atoms with van der Waals surface area (Å²) in [5, 5.41) is 2.79. The summed E-state index contributed by atoms with van der Waals surface area (Å²) in [6.45, 7) is 3.51. The molecule has 20 heavy (non-hydrogen) atoms. The first-order valence-corrected chi connectivity index (χ1v) is 7.07. The summed E-state index contributed by atoms with van der Waals surface area (Å²) >= 11 is 0. The van der Waals surface area contributed by atoms with Crippen LogP contribution in [0.15, 0.2) is 30.3 Å². The topological polar surface area (TPSA) is 49.4 Å². The van der Waals surface area contributed by atoms with Gasteiger partial charge in [0.25, 0.3) is 0 Å². The molecule has 0 spiro atoms. The molecule has 1 fully saturated rings. The number of hydrogen-bond donors (Lipinski definition) is 1. The van der Waals surface area contributed by atoms with Gasteiger partial charge in [0.15, 0.2) is 0 Å². The quantitative estimate of drug-likeness (QED) is 0.836. The summed E-state index contributed by atoms with van der Waals surface area (Å²) in [6.07, 6.45) is 5.81. The van der Waals surface area contributed by atoms with Crippen molar-refractivity contribution < 1.29 is 9.59 Å². The Bertz CT molecular complexity index is 506. The summed E-state index contributed by atoms with van der Waals surface area (Å²) in [6, 6.07) is 7.69. The average molecular weight is 272 g/mol. The highest BCUT2D eigenvalue weighted by molar-refractivity contribution is 5.95. The lowest BCUT2D eigenvalue weighted by Crippen LogP contribution is -2.23. The molecule has 2 rings (SSSR count). The van der Waals surface area contributed by atoms with Crippen molar-refractivity contribution in [1.82, 2.24) is 5.32 Å². The Morgan fingerprint density at radius 2 is 2.10 bits per heavy atom. The Kier molecular flexibility index (Phi) is 4.93. The van der Waals surface area contributed by atoms with Crippen LogP contribution in [0.4, 0.5) is 5.69 Å². The van der Waals surface area contributed by atoms with E-state index < -0.39 is 0 Å². The smallest absolute Gasteiger partial charge is 0.243 e. The Balaban J connectivity index is 1.96. The van der Waals surface area contributed by atoms with Crippen LogP contribution in [0.5, 0.6) is 0 Å². The zero-order valence-electron chi connectivity index (χ0n) is 11.8. The number of carbonyl (C=O) groups is 2. The second-order valence-corrected chi connectivity index (χ2v) is 4.86. The van der Waals surface area contributed by atoms with Gasteiger partial charge in [-0.2, -0.15) is 0 Å². The summed E-state index contributed by atoms with van der Waals surface area (Å²) < 4.78 is 0. The van der Waals surface area contributed by atoms with E-state index in [0.717, 1.165) is 30.6 Å². The number of nitrogens with zero attached hydrogens (tertiary/aromatic N) is 1. The van der Waals surface area contributed by atoms with Crippen LogP contribution in [0, 0.1) is 0 Å². The molecule has 4 heteroatoms. The Morgan fingerprint density at radius 3 is 2.70 bits per heavy atom. The molecule has 2 amide bonds. The average Bonchev–Trinajstić information content (AvgIpc) is 2.89. The zero-order chi connectivity index (χ0) is 14.4. The molecule has 106 valence electrons. The second kappa shape index (κ2) is 6.89. The molecule has 0 radical (unpaired) electrons. The van der Waals surface area contributed by atoms with Gasteiger partial charge in [-0.05, 0) is 36.6 Å². The van der Waals surface area contributed by atoms with Gasteiger partial charge in [0.1, 0.15) is 0 Å². The minimum atomic E-state index is -0.0781. The zero-order valence-corrected chi connectivity index (χ0v) is 11.8. The molecule has 0 atom stereocenters. The number of anilines is 1. The third kappa shape index (κ3) is 3.70. The highest BCUT2D eigenvalue weighted by atomic mass is 16.2. The molecule has 0 aromatic heterocycles. The summed E-state index contributed by atoms with van der Waals surface area (Å²) in [5.74, 6) is 0.109. The van der Waals surface area contributed by atoms with E-state index in [9.17, 15) is 9.59 Å². The van der Waals surface area contributed by atoms with Crippen LogP contribution in [0.1, 0.15) is 31.7 Å². The number of carbonyl (C=O) groups excluding carboxylic acids is 2. The Morgan fingerprint density at radius 1 is 1.35 bits per heavy atom. The van der Waals surface area contributed by atoms with Crippen molar-refractivity contribution in [2.24, 2.45) is 0 Å². The Labute approximate surface area is 119 Å². The van der Waals surface area contributed by atoms with Crippen LogP contribution in [0.2, 0.25) is 0 Å². The first kappa shape index (κ1) is 14.3. The third-order valence-corrected chi connectivity index (χ3v) is 3.25. The minimum Gasteiger partial charge on any atom is -0.353 e. The molecule has 0 aliphatic carbocycles. The largest absolute Gasteiger partial charge is 0.353 e. The molecule has 1 saturated heterocycles. The van der Waals surface area contributed by atoms with Crippen molar-refractivity contribution in [3.63, 3.8) is 0 Å². The number of rotatable bonds is 5. The van der Waals surface area contributed by atoms with E-state index in [1.165, 1.54) is 6.08 Å². The van der Waals surface area contributed by atoms with Gasteiger partial charge in [0, 0.05) is 31.3 Å². The van der Waals surface area contributed by atoms with Crippen LogP contribution in [-0.2, 0) is 9.59 Å². The minimum absolute atomic E-state index is 0.0781. The van der Waals surface area contributed by atoms with E-state index in [2.05, 4.69) is 5.32 Å². The van der Waals surface area contributed by atoms with E-state index in [4.69, 9.17) is 0 Å². The van der Waals surface area contributed by atoms with Crippen molar-refractivity contribution in [3.8, 4) is 0 Å². The maximum atomic E-state index is 11.6. The van der Waals surface area contributed by atoms with E-state index >= 15 is 0 Å². The van der Waals surface area contributed by atoms with Crippen LogP contribution in [0.25, 0.3) is 6.08 Å². The molecule has 0 saturated carbocycles. The lowest BCUT2D eigenvalue weighted by Gasteiger charge is -2.15. The van der Waals surface area contributed by atoms with Crippen molar-refractivity contribution in [2.75, 3.05) is 18.0 Å². The van der Waals surface area contributed by atoms with Gasteiger partial charge in [-0.3, -0.25) is 9.59 Å². The van der Waals surface area contributed by atoms with Crippen LogP contribution >= 0.6 is 0 Å². The van der Waals surface area contributed by atoms with Crippen molar-refractivity contribution in [3.05, 3.63) is 35.9 Å². The van der Waals surface area contributed by atoms with E-state index in [1.807, 2.05) is 31.2 Å². The maximum Gasteiger partial charge on any atom is 0.243 e.